The van der Waals surface area contributed by atoms with Crippen molar-refractivity contribution >= 4 is 33.2 Å². The van der Waals surface area contributed by atoms with Gasteiger partial charge in [0.2, 0.25) is 5.91 Å². The number of carbonyl (C=O) groups excluding carboxylic acids is 1. The minimum atomic E-state index is -4.70. The SMILES string of the molecule is Cc1cc(C)c(C)c(Oc2cc(NC(=O)C(C)n3nc(C(F)(F)F)c(Br)c3C)cc([N+](=O)[O-])c2)c1. The van der Waals surface area contributed by atoms with Gasteiger partial charge in [-0.3, -0.25) is 19.6 Å². The molecule has 0 aliphatic carbocycles. The normalized spacial score (nSPS) is 12.4. The van der Waals surface area contributed by atoms with Gasteiger partial charge in [-0.05, 0) is 73.3 Å². The summed E-state index contributed by atoms with van der Waals surface area (Å²) in [5.74, 6) is -0.0937. The van der Waals surface area contributed by atoms with Gasteiger partial charge >= 0.3 is 6.18 Å². The van der Waals surface area contributed by atoms with Crippen molar-refractivity contribution in [1.82, 2.24) is 9.78 Å². The zero-order chi connectivity index (χ0) is 26.2. The first-order chi connectivity index (χ1) is 16.2. The number of alkyl halides is 3. The van der Waals surface area contributed by atoms with E-state index in [1.807, 2.05) is 26.8 Å². The molecule has 1 aromatic heterocycles. The second kappa shape index (κ2) is 9.68. The number of aromatic nitrogens is 2. The number of benzene rings is 2. The van der Waals surface area contributed by atoms with Gasteiger partial charge in [0.25, 0.3) is 5.69 Å². The lowest BCUT2D eigenvalue weighted by atomic mass is 10.1. The van der Waals surface area contributed by atoms with Crippen LogP contribution in [0.3, 0.4) is 0 Å². The Balaban J connectivity index is 1.92. The van der Waals surface area contributed by atoms with E-state index in [1.165, 1.54) is 26.0 Å². The van der Waals surface area contributed by atoms with Gasteiger partial charge in [-0.2, -0.15) is 18.3 Å². The Morgan fingerprint density at radius 1 is 1.17 bits per heavy atom. The fourth-order valence-corrected chi connectivity index (χ4v) is 3.95. The van der Waals surface area contributed by atoms with Crippen molar-refractivity contribution in [3.8, 4) is 11.5 Å². The van der Waals surface area contributed by atoms with E-state index in [4.69, 9.17) is 4.74 Å². The number of rotatable bonds is 6. The monoisotopic (exact) mass is 554 g/mol. The van der Waals surface area contributed by atoms with Crippen molar-refractivity contribution in [2.75, 3.05) is 5.32 Å². The molecule has 0 fully saturated rings. The maximum Gasteiger partial charge on any atom is 0.436 e. The highest BCUT2D eigenvalue weighted by Crippen LogP contribution is 2.37. The maximum absolute atomic E-state index is 13.2. The maximum atomic E-state index is 13.2. The zero-order valence-electron chi connectivity index (χ0n) is 19.5. The van der Waals surface area contributed by atoms with E-state index in [1.54, 1.807) is 6.07 Å². The number of nitro groups is 1. The lowest BCUT2D eigenvalue weighted by Gasteiger charge is -2.16. The van der Waals surface area contributed by atoms with Gasteiger partial charge < -0.3 is 10.1 Å². The Kier molecular flexibility index (Phi) is 7.25. The molecule has 186 valence electrons. The van der Waals surface area contributed by atoms with Crippen LogP contribution in [-0.2, 0) is 11.0 Å². The molecule has 1 heterocycles. The summed E-state index contributed by atoms with van der Waals surface area (Å²) in [4.78, 5) is 23.7. The molecule has 0 aliphatic heterocycles. The minimum Gasteiger partial charge on any atom is -0.457 e. The summed E-state index contributed by atoms with van der Waals surface area (Å²) in [7, 11) is 0. The van der Waals surface area contributed by atoms with Gasteiger partial charge in [-0.1, -0.05) is 6.07 Å². The van der Waals surface area contributed by atoms with Crippen LogP contribution >= 0.6 is 15.9 Å². The van der Waals surface area contributed by atoms with Crippen molar-refractivity contribution in [3.05, 3.63) is 73.0 Å². The molecule has 3 aromatic rings. The molecule has 1 unspecified atom stereocenters. The highest BCUT2D eigenvalue weighted by atomic mass is 79.9. The van der Waals surface area contributed by atoms with Crippen molar-refractivity contribution < 1.29 is 27.6 Å². The molecule has 0 aliphatic rings. The first-order valence-electron chi connectivity index (χ1n) is 10.4. The summed E-state index contributed by atoms with van der Waals surface area (Å²) in [5.41, 5.74) is 1.44. The quantitative estimate of drug-likeness (QED) is 0.267. The predicted molar refractivity (Wildman–Crippen MR) is 127 cm³/mol. The highest BCUT2D eigenvalue weighted by molar-refractivity contribution is 9.10. The van der Waals surface area contributed by atoms with E-state index >= 15 is 0 Å². The standard InChI is InChI=1S/C23H22BrF3N4O4/c1-11-6-12(2)13(3)19(7-11)35-18-9-16(8-17(10-18)31(33)34)28-22(32)15(5)30-14(4)20(24)21(29-30)23(25,26)27/h6-10,15H,1-5H3,(H,28,32). The smallest absolute Gasteiger partial charge is 0.436 e. The predicted octanol–water partition coefficient (Wildman–Crippen LogP) is 6.80. The van der Waals surface area contributed by atoms with Gasteiger partial charge in [-0.15, -0.1) is 0 Å². The summed E-state index contributed by atoms with van der Waals surface area (Å²) in [5, 5.41) is 17.5. The zero-order valence-corrected chi connectivity index (χ0v) is 21.0. The molecule has 1 atom stereocenters. The summed E-state index contributed by atoms with van der Waals surface area (Å²) >= 11 is 2.88. The number of aryl methyl sites for hydroxylation is 2. The van der Waals surface area contributed by atoms with Crippen LogP contribution in [0.4, 0.5) is 24.5 Å². The summed E-state index contributed by atoms with van der Waals surface area (Å²) in [6, 6.07) is 6.38. The van der Waals surface area contributed by atoms with E-state index in [0.717, 1.165) is 27.4 Å². The van der Waals surface area contributed by atoms with Crippen LogP contribution < -0.4 is 10.1 Å². The molecular weight excluding hydrogens is 533 g/mol. The van der Waals surface area contributed by atoms with Crippen LogP contribution in [0.15, 0.2) is 34.8 Å². The molecule has 0 saturated carbocycles. The van der Waals surface area contributed by atoms with Gasteiger partial charge in [0.05, 0.1) is 26.8 Å². The molecule has 1 N–H and O–H groups in total. The number of anilines is 1. The number of amides is 1. The van der Waals surface area contributed by atoms with Crippen LogP contribution in [0.2, 0.25) is 0 Å². The van der Waals surface area contributed by atoms with E-state index in [9.17, 15) is 28.1 Å². The number of ether oxygens (including phenoxy) is 1. The second-order valence-corrected chi connectivity index (χ2v) is 8.93. The molecule has 8 nitrogen and oxygen atoms in total. The molecule has 2 aromatic carbocycles. The van der Waals surface area contributed by atoms with Gasteiger partial charge in [-0.25, -0.2) is 0 Å². The Morgan fingerprint density at radius 2 is 1.83 bits per heavy atom. The lowest BCUT2D eigenvalue weighted by molar-refractivity contribution is -0.384. The van der Waals surface area contributed by atoms with Crippen LogP contribution in [0.1, 0.15) is 41.0 Å². The topological polar surface area (TPSA) is 99.3 Å². The number of hydrogen-bond donors (Lipinski definition) is 1. The number of halogens is 4. The van der Waals surface area contributed by atoms with Gasteiger partial charge in [0.15, 0.2) is 5.69 Å². The largest absolute Gasteiger partial charge is 0.457 e. The first kappa shape index (κ1) is 26.2. The summed E-state index contributed by atoms with van der Waals surface area (Å²) in [6.45, 7) is 8.41. The average molecular weight is 555 g/mol. The van der Waals surface area contributed by atoms with Crippen molar-refractivity contribution in [1.29, 1.82) is 0 Å². The van der Waals surface area contributed by atoms with E-state index < -0.39 is 28.7 Å². The molecule has 1 amide bonds. The molecule has 0 saturated heterocycles. The van der Waals surface area contributed by atoms with Gasteiger partial charge in [0.1, 0.15) is 17.5 Å². The molecule has 3 rings (SSSR count). The van der Waals surface area contributed by atoms with Crippen molar-refractivity contribution in [2.45, 2.75) is 46.8 Å². The number of carbonyl (C=O) groups is 1. The Bertz CT molecular complexity index is 1320. The van der Waals surface area contributed by atoms with Crippen molar-refractivity contribution in [2.24, 2.45) is 0 Å². The van der Waals surface area contributed by atoms with Gasteiger partial charge in [0, 0.05) is 12.1 Å². The van der Waals surface area contributed by atoms with E-state index in [0.29, 0.717) is 5.75 Å². The number of hydrogen-bond acceptors (Lipinski definition) is 5. The van der Waals surface area contributed by atoms with Crippen LogP contribution in [0, 0.1) is 37.8 Å². The lowest BCUT2D eigenvalue weighted by Crippen LogP contribution is -2.25. The fourth-order valence-electron chi connectivity index (χ4n) is 3.47. The third kappa shape index (κ3) is 5.64. The molecule has 35 heavy (non-hydrogen) atoms. The van der Waals surface area contributed by atoms with Crippen LogP contribution in [0.5, 0.6) is 11.5 Å². The molecule has 0 radical (unpaired) electrons. The Hall–Kier alpha value is -3.41. The molecule has 0 spiro atoms. The number of nitrogens with zero attached hydrogens (tertiary/aromatic N) is 3. The van der Waals surface area contributed by atoms with Crippen molar-refractivity contribution in [3.63, 3.8) is 0 Å². The van der Waals surface area contributed by atoms with Crippen LogP contribution in [0.25, 0.3) is 0 Å². The number of non-ortho nitro benzene ring substituents is 1. The third-order valence-electron chi connectivity index (χ3n) is 5.45. The average Bonchev–Trinajstić information content (AvgIpc) is 3.05. The summed E-state index contributed by atoms with van der Waals surface area (Å²) in [6.07, 6.45) is -4.70. The van der Waals surface area contributed by atoms with Crippen LogP contribution in [-0.4, -0.2) is 20.6 Å². The highest BCUT2D eigenvalue weighted by Gasteiger charge is 2.39. The molecular formula is C23H22BrF3N4O4. The molecule has 12 heteroatoms. The minimum absolute atomic E-state index is 0.0491. The number of nitrogens with one attached hydrogen (secondary N) is 1. The fraction of sp³-hybridized carbons (Fsp3) is 0.304. The van der Waals surface area contributed by atoms with E-state index in [2.05, 4.69) is 26.3 Å². The Labute approximate surface area is 207 Å². The first-order valence-corrected chi connectivity index (χ1v) is 11.2. The third-order valence-corrected chi connectivity index (χ3v) is 6.40. The summed E-state index contributed by atoms with van der Waals surface area (Å²) < 4.78 is 46.1. The molecule has 0 bridgehead atoms. The number of nitro benzene ring substituents is 1. The van der Waals surface area contributed by atoms with E-state index in [-0.39, 0.29) is 27.3 Å². The Morgan fingerprint density at radius 3 is 2.40 bits per heavy atom. The second-order valence-electron chi connectivity index (χ2n) is 8.14.